The molecule has 2 heterocycles. The lowest BCUT2D eigenvalue weighted by Crippen LogP contribution is -2.42. The molecule has 1 fully saturated rings. The minimum Gasteiger partial charge on any atom is -0.340 e. The van der Waals surface area contributed by atoms with Crippen molar-refractivity contribution in [1.29, 1.82) is 0 Å². The van der Waals surface area contributed by atoms with Gasteiger partial charge in [0.25, 0.3) is 0 Å². The van der Waals surface area contributed by atoms with Crippen LogP contribution in [0.4, 0.5) is 5.95 Å². The van der Waals surface area contributed by atoms with Crippen LogP contribution in [0, 0.1) is 5.41 Å². The van der Waals surface area contributed by atoms with E-state index >= 15 is 0 Å². The Morgan fingerprint density at radius 1 is 1.24 bits per heavy atom. The molecule has 1 aliphatic rings. The molecule has 5 nitrogen and oxygen atoms in total. The highest BCUT2D eigenvalue weighted by Gasteiger charge is 2.29. The second kappa shape index (κ2) is 5.85. The summed E-state index contributed by atoms with van der Waals surface area (Å²) >= 11 is 0. The van der Waals surface area contributed by atoms with Crippen molar-refractivity contribution in [1.82, 2.24) is 15.2 Å². The fourth-order valence-electron chi connectivity index (χ4n) is 2.75. The van der Waals surface area contributed by atoms with E-state index < -0.39 is 0 Å². The Hall–Kier alpha value is -1.88. The summed E-state index contributed by atoms with van der Waals surface area (Å²) in [5.41, 5.74) is 7.38. The summed E-state index contributed by atoms with van der Waals surface area (Å²) in [6.07, 6.45) is 3.00. The molecule has 0 radical (unpaired) electrons. The van der Waals surface area contributed by atoms with Crippen LogP contribution in [0.1, 0.15) is 31.2 Å². The first-order chi connectivity index (χ1) is 10.2. The first kappa shape index (κ1) is 14.1. The molecule has 0 saturated carbocycles. The normalized spacial score (nSPS) is 17.9. The second-order valence-corrected chi connectivity index (χ2v) is 6.25. The molecule has 0 unspecified atom stereocenters. The predicted molar refractivity (Wildman–Crippen MR) is 84.2 cm³/mol. The average Bonchev–Trinajstić information content (AvgIpc) is 2.97. The zero-order valence-electron chi connectivity index (χ0n) is 12.5. The number of hydrogen-bond donors (Lipinski definition) is 2. The summed E-state index contributed by atoms with van der Waals surface area (Å²) in [5.74, 6) is 1.74. The van der Waals surface area contributed by atoms with E-state index in [2.05, 4.69) is 39.1 Å². The number of benzene rings is 1. The van der Waals surface area contributed by atoms with Crippen molar-refractivity contribution in [2.24, 2.45) is 11.1 Å². The van der Waals surface area contributed by atoms with Crippen LogP contribution >= 0.6 is 0 Å². The van der Waals surface area contributed by atoms with E-state index in [4.69, 9.17) is 5.73 Å². The minimum absolute atomic E-state index is 0.277. The summed E-state index contributed by atoms with van der Waals surface area (Å²) in [4.78, 5) is 6.88. The van der Waals surface area contributed by atoms with Crippen LogP contribution in [-0.4, -0.2) is 34.8 Å². The maximum atomic E-state index is 5.86. The van der Waals surface area contributed by atoms with Crippen molar-refractivity contribution in [3.05, 3.63) is 41.7 Å². The topological polar surface area (TPSA) is 70.8 Å². The van der Waals surface area contributed by atoms with Crippen molar-refractivity contribution in [3.8, 4) is 0 Å². The van der Waals surface area contributed by atoms with Gasteiger partial charge in [0.1, 0.15) is 5.82 Å². The van der Waals surface area contributed by atoms with Gasteiger partial charge in [-0.05, 0) is 30.4 Å². The lowest BCUT2D eigenvalue weighted by molar-refractivity contribution is 0.257. The number of aromatic amines is 1. The van der Waals surface area contributed by atoms with Crippen LogP contribution in [0.25, 0.3) is 0 Å². The lowest BCUT2D eigenvalue weighted by Gasteiger charge is -2.38. The molecule has 5 heteroatoms. The second-order valence-electron chi connectivity index (χ2n) is 6.25. The predicted octanol–water partition coefficient (Wildman–Crippen LogP) is 1.96. The number of rotatable bonds is 4. The Labute approximate surface area is 125 Å². The molecule has 2 aromatic rings. The fraction of sp³-hybridized carbons (Fsp3) is 0.500. The van der Waals surface area contributed by atoms with Crippen LogP contribution in [0.2, 0.25) is 0 Å². The molecule has 0 amide bonds. The molecule has 1 aromatic heterocycles. The SMILES string of the molecule is CC1(CN)CCN(c2n[nH]c(Cc3ccccc3)n2)CC1. The Morgan fingerprint density at radius 2 is 1.95 bits per heavy atom. The molecule has 0 atom stereocenters. The molecule has 112 valence electrons. The third kappa shape index (κ3) is 3.24. The van der Waals surface area contributed by atoms with Crippen molar-refractivity contribution in [3.63, 3.8) is 0 Å². The number of nitrogens with one attached hydrogen (secondary N) is 1. The molecule has 0 bridgehead atoms. The fourth-order valence-corrected chi connectivity index (χ4v) is 2.75. The molecule has 1 saturated heterocycles. The van der Waals surface area contributed by atoms with Gasteiger partial charge < -0.3 is 10.6 Å². The zero-order chi connectivity index (χ0) is 14.7. The van der Waals surface area contributed by atoms with E-state index in [1.54, 1.807) is 0 Å². The van der Waals surface area contributed by atoms with E-state index in [1.807, 2.05) is 18.2 Å². The first-order valence-electron chi connectivity index (χ1n) is 7.59. The molecular formula is C16H23N5. The van der Waals surface area contributed by atoms with Gasteiger partial charge in [-0.1, -0.05) is 37.3 Å². The van der Waals surface area contributed by atoms with E-state index in [-0.39, 0.29) is 5.41 Å². The first-order valence-corrected chi connectivity index (χ1v) is 7.59. The Morgan fingerprint density at radius 3 is 2.62 bits per heavy atom. The summed E-state index contributed by atoms with van der Waals surface area (Å²) in [6, 6.07) is 10.3. The highest BCUT2D eigenvalue weighted by Crippen LogP contribution is 2.30. The quantitative estimate of drug-likeness (QED) is 0.901. The van der Waals surface area contributed by atoms with E-state index in [1.165, 1.54) is 5.56 Å². The van der Waals surface area contributed by atoms with Gasteiger partial charge in [0.05, 0.1) is 0 Å². The molecule has 0 aliphatic carbocycles. The highest BCUT2D eigenvalue weighted by atomic mass is 15.4. The number of nitrogens with two attached hydrogens (primary N) is 1. The number of hydrogen-bond acceptors (Lipinski definition) is 4. The van der Waals surface area contributed by atoms with Crippen LogP contribution < -0.4 is 10.6 Å². The molecule has 3 rings (SSSR count). The molecule has 1 aromatic carbocycles. The third-order valence-electron chi connectivity index (χ3n) is 4.48. The van der Waals surface area contributed by atoms with Crippen LogP contribution in [0.5, 0.6) is 0 Å². The van der Waals surface area contributed by atoms with Gasteiger partial charge in [0, 0.05) is 19.5 Å². The smallest absolute Gasteiger partial charge is 0.244 e. The summed E-state index contributed by atoms with van der Waals surface area (Å²) in [5, 5.41) is 7.43. The third-order valence-corrected chi connectivity index (χ3v) is 4.48. The molecule has 0 spiro atoms. The molecule has 21 heavy (non-hydrogen) atoms. The zero-order valence-corrected chi connectivity index (χ0v) is 12.5. The van der Waals surface area contributed by atoms with Gasteiger partial charge in [-0.3, -0.25) is 5.10 Å². The largest absolute Gasteiger partial charge is 0.340 e. The molecule has 3 N–H and O–H groups in total. The Balaban J connectivity index is 1.63. The van der Waals surface area contributed by atoms with Crippen LogP contribution in [0.3, 0.4) is 0 Å². The van der Waals surface area contributed by atoms with Crippen molar-refractivity contribution < 1.29 is 0 Å². The Bertz CT molecular complexity index is 569. The average molecular weight is 285 g/mol. The summed E-state index contributed by atoms with van der Waals surface area (Å²) < 4.78 is 0. The number of nitrogens with zero attached hydrogens (tertiary/aromatic N) is 3. The minimum atomic E-state index is 0.277. The van der Waals surface area contributed by atoms with Gasteiger partial charge in [-0.2, -0.15) is 4.98 Å². The van der Waals surface area contributed by atoms with Gasteiger partial charge in [0.2, 0.25) is 5.95 Å². The van der Waals surface area contributed by atoms with Gasteiger partial charge >= 0.3 is 0 Å². The maximum Gasteiger partial charge on any atom is 0.244 e. The van der Waals surface area contributed by atoms with Crippen LogP contribution in [0.15, 0.2) is 30.3 Å². The number of aromatic nitrogens is 3. The lowest BCUT2D eigenvalue weighted by atomic mass is 9.81. The monoisotopic (exact) mass is 285 g/mol. The number of H-pyrrole nitrogens is 1. The van der Waals surface area contributed by atoms with E-state index in [0.717, 1.165) is 50.7 Å². The van der Waals surface area contributed by atoms with Gasteiger partial charge in [-0.15, -0.1) is 5.10 Å². The molecular weight excluding hydrogens is 262 g/mol. The highest BCUT2D eigenvalue weighted by molar-refractivity contribution is 5.31. The van der Waals surface area contributed by atoms with Gasteiger partial charge in [0.15, 0.2) is 0 Å². The number of piperidine rings is 1. The summed E-state index contributed by atoms with van der Waals surface area (Å²) in [6.45, 7) is 4.99. The number of anilines is 1. The van der Waals surface area contributed by atoms with Crippen LogP contribution in [-0.2, 0) is 6.42 Å². The molecule has 1 aliphatic heterocycles. The standard InChI is InChI=1S/C16H23N5/c1-16(12-17)7-9-21(10-8-16)15-18-14(19-20-15)11-13-5-3-2-4-6-13/h2-6H,7-12,17H2,1H3,(H,18,19,20). The van der Waals surface area contributed by atoms with E-state index in [9.17, 15) is 0 Å². The van der Waals surface area contributed by atoms with E-state index in [0.29, 0.717) is 0 Å². The van der Waals surface area contributed by atoms with Crippen molar-refractivity contribution >= 4 is 5.95 Å². The van der Waals surface area contributed by atoms with Crippen molar-refractivity contribution in [2.75, 3.05) is 24.5 Å². The Kier molecular flexibility index (Phi) is 3.92. The van der Waals surface area contributed by atoms with Gasteiger partial charge in [-0.25, -0.2) is 0 Å². The summed E-state index contributed by atoms with van der Waals surface area (Å²) in [7, 11) is 0. The maximum absolute atomic E-state index is 5.86. The van der Waals surface area contributed by atoms with Crippen molar-refractivity contribution in [2.45, 2.75) is 26.2 Å².